The van der Waals surface area contributed by atoms with Crippen LogP contribution in [0.5, 0.6) is 0 Å². The fourth-order valence-electron chi connectivity index (χ4n) is 1.65. The summed E-state index contributed by atoms with van der Waals surface area (Å²) in [5.41, 5.74) is 4.86. The maximum absolute atomic E-state index is 11.1. The van der Waals surface area contributed by atoms with Crippen molar-refractivity contribution in [3.63, 3.8) is 0 Å². The third kappa shape index (κ3) is 4.48. The largest absolute Gasteiger partial charge is 0.465 e. The van der Waals surface area contributed by atoms with Crippen LogP contribution in [0, 0.1) is 0 Å². The molecule has 0 aromatic heterocycles. The second-order valence-electron chi connectivity index (χ2n) is 4.59. The molecule has 0 aromatic carbocycles. The lowest BCUT2D eigenvalue weighted by Crippen LogP contribution is -2.52. The summed E-state index contributed by atoms with van der Waals surface area (Å²) in [6.07, 6.45) is 0.306. The molecule has 0 aromatic rings. The van der Waals surface area contributed by atoms with Crippen LogP contribution in [0.2, 0.25) is 0 Å². The molecule has 0 rings (SSSR count). The molecule has 0 aliphatic rings. The molecule has 0 aliphatic heterocycles. The van der Waals surface area contributed by atoms with Crippen molar-refractivity contribution in [2.24, 2.45) is 5.73 Å². The zero-order valence-corrected chi connectivity index (χ0v) is 9.73. The van der Waals surface area contributed by atoms with Gasteiger partial charge < -0.3 is 15.9 Å². The van der Waals surface area contributed by atoms with Crippen molar-refractivity contribution < 1.29 is 15.0 Å². The lowest BCUT2D eigenvalue weighted by molar-refractivity contribution is 0.0426. The molecule has 0 unspecified atom stereocenters. The van der Waals surface area contributed by atoms with Crippen molar-refractivity contribution in [2.75, 3.05) is 13.2 Å². The van der Waals surface area contributed by atoms with E-state index in [1.54, 1.807) is 0 Å². The SMILES string of the molecule is CC(C)(C)N(C(=O)O)[C@H](CO)CCCN. The van der Waals surface area contributed by atoms with Crippen LogP contribution in [0.1, 0.15) is 33.6 Å². The van der Waals surface area contributed by atoms with E-state index in [9.17, 15) is 9.90 Å². The van der Waals surface area contributed by atoms with Crippen LogP contribution >= 0.6 is 0 Å². The van der Waals surface area contributed by atoms with Crippen LogP contribution in [0.3, 0.4) is 0 Å². The summed E-state index contributed by atoms with van der Waals surface area (Å²) in [6, 6.07) is -0.369. The number of rotatable bonds is 5. The molecule has 0 bridgehead atoms. The second kappa shape index (κ2) is 5.92. The Bertz CT molecular complexity index is 201. The summed E-state index contributed by atoms with van der Waals surface area (Å²) in [5, 5.41) is 18.3. The van der Waals surface area contributed by atoms with E-state index in [-0.39, 0.29) is 12.6 Å². The molecule has 1 atom stereocenters. The molecule has 0 radical (unpaired) electrons. The summed E-state index contributed by atoms with van der Waals surface area (Å²) in [6.45, 7) is 5.78. The minimum atomic E-state index is -1.00. The minimum Gasteiger partial charge on any atom is -0.465 e. The number of carboxylic acid groups (broad SMARTS) is 1. The molecule has 5 heteroatoms. The van der Waals surface area contributed by atoms with Crippen molar-refractivity contribution in [2.45, 2.75) is 45.2 Å². The van der Waals surface area contributed by atoms with Crippen molar-refractivity contribution in [3.8, 4) is 0 Å². The Hall–Kier alpha value is -0.810. The van der Waals surface area contributed by atoms with Gasteiger partial charge in [0.1, 0.15) is 0 Å². The summed E-state index contributed by atoms with van der Waals surface area (Å²) in [7, 11) is 0. The maximum Gasteiger partial charge on any atom is 0.408 e. The predicted molar refractivity (Wildman–Crippen MR) is 58.8 cm³/mol. The normalized spacial score (nSPS) is 13.7. The fraction of sp³-hybridized carbons (Fsp3) is 0.900. The molecule has 0 heterocycles. The van der Waals surface area contributed by atoms with Gasteiger partial charge in [0.15, 0.2) is 0 Å². The van der Waals surface area contributed by atoms with E-state index in [0.29, 0.717) is 19.4 Å². The van der Waals surface area contributed by atoms with E-state index < -0.39 is 11.6 Å². The van der Waals surface area contributed by atoms with Crippen molar-refractivity contribution >= 4 is 6.09 Å². The predicted octanol–water partition coefficient (Wildman–Crippen LogP) is 0.865. The number of hydrogen-bond acceptors (Lipinski definition) is 3. The van der Waals surface area contributed by atoms with E-state index in [1.165, 1.54) is 4.90 Å². The Kier molecular flexibility index (Phi) is 5.60. The molecule has 90 valence electrons. The number of aliphatic hydroxyl groups excluding tert-OH is 1. The average molecular weight is 218 g/mol. The zero-order valence-electron chi connectivity index (χ0n) is 9.73. The topological polar surface area (TPSA) is 86.8 Å². The van der Waals surface area contributed by atoms with Gasteiger partial charge in [-0.1, -0.05) is 0 Å². The standard InChI is InChI=1S/C10H22N2O3/c1-10(2,3)12(9(14)15)8(7-13)5-4-6-11/h8,13H,4-7,11H2,1-3H3,(H,14,15)/t8-/m0/s1. The minimum absolute atomic E-state index is 0.163. The first-order valence-electron chi connectivity index (χ1n) is 5.17. The first-order chi connectivity index (χ1) is 6.84. The van der Waals surface area contributed by atoms with Crippen molar-refractivity contribution in [3.05, 3.63) is 0 Å². The Morgan fingerprint density at radius 1 is 1.47 bits per heavy atom. The van der Waals surface area contributed by atoms with Crippen LogP contribution in [-0.2, 0) is 0 Å². The zero-order chi connectivity index (χ0) is 12.1. The number of nitrogens with two attached hydrogens (primary N) is 1. The molecule has 0 aliphatic carbocycles. The molecule has 15 heavy (non-hydrogen) atoms. The van der Waals surface area contributed by atoms with Crippen LogP contribution in [-0.4, -0.2) is 45.9 Å². The van der Waals surface area contributed by atoms with Crippen LogP contribution < -0.4 is 5.73 Å². The fourth-order valence-corrected chi connectivity index (χ4v) is 1.65. The summed E-state index contributed by atoms with van der Waals surface area (Å²) in [5.74, 6) is 0. The third-order valence-corrected chi connectivity index (χ3v) is 2.25. The Labute approximate surface area is 90.9 Å². The maximum atomic E-state index is 11.1. The number of amides is 1. The van der Waals surface area contributed by atoms with Gasteiger partial charge in [-0.15, -0.1) is 0 Å². The lowest BCUT2D eigenvalue weighted by Gasteiger charge is -2.38. The van der Waals surface area contributed by atoms with Crippen LogP contribution in [0.15, 0.2) is 0 Å². The molecule has 0 saturated carbocycles. The van der Waals surface area contributed by atoms with Gasteiger partial charge in [-0.2, -0.15) is 0 Å². The number of carbonyl (C=O) groups is 1. The highest BCUT2D eigenvalue weighted by molar-refractivity contribution is 5.66. The van der Waals surface area contributed by atoms with Crippen LogP contribution in [0.4, 0.5) is 4.79 Å². The van der Waals surface area contributed by atoms with Gasteiger partial charge >= 0.3 is 6.09 Å². The van der Waals surface area contributed by atoms with Gasteiger partial charge in [-0.05, 0) is 40.2 Å². The number of hydrogen-bond donors (Lipinski definition) is 3. The average Bonchev–Trinajstić information content (AvgIpc) is 2.08. The van der Waals surface area contributed by atoms with Gasteiger partial charge in [0, 0.05) is 5.54 Å². The Balaban J connectivity index is 4.64. The van der Waals surface area contributed by atoms with Crippen molar-refractivity contribution in [1.29, 1.82) is 0 Å². The third-order valence-electron chi connectivity index (χ3n) is 2.25. The van der Waals surface area contributed by atoms with Crippen molar-refractivity contribution in [1.82, 2.24) is 4.90 Å². The van der Waals surface area contributed by atoms with E-state index in [4.69, 9.17) is 10.8 Å². The molecular weight excluding hydrogens is 196 g/mol. The molecule has 0 fully saturated rings. The van der Waals surface area contributed by atoms with Gasteiger partial charge in [-0.3, -0.25) is 4.90 Å². The highest BCUT2D eigenvalue weighted by Crippen LogP contribution is 2.19. The second-order valence-corrected chi connectivity index (χ2v) is 4.59. The highest BCUT2D eigenvalue weighted by atomic mass is 16.4. The molecule has 1 amide bonds. The molecule has 4 N–H and O–H groups in total. The lowest BCUT2D eigenvalue weighted by atomic mass is 10.0. The number of aliphatic hydroxyl groups is 1. The van der Waals surface area contributed by atoms with E-state index in [0.717, 1.165) is 0 Å². The summed E-state index contributed by atoms with van der Waals surface area (Å²) in [4.78, 5) is 12.4. The monoisotopic (exact) mass is 218 g/mol. The number of nitrogens with zero attached hydrogens (tertiary/aromatic N) is 1. The van der Waals surface area contributed by atoms with Gasteiger partial charge in [0.25, 0.3) is 0 Å². The smallest absolute Gasteiger partial charge is 0.408 e. The van der Waals surface area contributed by atoms with E-state index in [1.807, 2.05) is 20.8 Å². The first kappa shape index (κ1) is 14.2. The van der Waals surface area contributed by atoms with Crippen LogP contribution in [0.25, 0.3) is 0 Å². The molecule has 0 spiro atoms. The van der Waals surface area contributed by atoms with E-state index in [2.05, 4.69) is 0 Å². The van der Waals surface area contributed by atoms with Gasteiger partial charge in [0.05, 0.1) is 12.6 Å². The molecular formula is C10H22N2O3. The Morgan fingerprint density at radius 3 is 2.27 bits per heavy atom. The summed E-state index contributed by atoms with van der Waals surface area (Å²) >= 11 is 0. The van der Waals surface area contributed by atoms with Gasteiger partial charge in [-0.25, -0.2) is 4.79 Å². The quantitative estimate of drug-likeness (QED) is 0.639. The molecule has 0 saturated heterocycles. The summed E-state index contributed by atoms with van der Waals surface area (Å²) < 4.78 is 0. The van der Waals surface area contributed by atoms with Gasteiger partial charge in [0.2, 0.25) is 0 Å². The first-order valence-corrected chi connectivity index (χ1v) is 5.17. The van der Waals surface area contributed by atoms with E-state index >= 15 is 0 Å². The highest BCUT2D eigenvalue weighted by Gasteiger charge is 2.32. The molecule has 5 nitrogen and oxygen atoms in total. The Morgan fingerprint density at radius 2 is 2.00 bits per heavy atom.